The van der Waals surface area contributed by atoms with E-state index in [1.165, 1.54) is 12.8 Å². The molecule has 1 amide bonds. The molecule has 4 heteroatoms. The number of carbonyl (C=O) groups excluding carboxylic acids is 1. The van der Waals surface area contributed by atoms with E-state index in [0.717, 1.165) is 19.5 Å². The predicted octanol–water partition coefficient (Wildman–Crippen LogP) is 1.30. The minimum Gasteiger partial charge on any atom is -0.382 e. The van der Waals surface area contributed by atoms with E-state index in [9.17, 15) is 4.79 Å². The second-order valence-electron chi connectivity index (χ2n) is 4.33. The normalized spacial score (nSPS) is 20.4. The summed E-state index contributed by atoms with van der Waals surface area (Å²) in [5.41, 5.74) is 0. The van der Waals surface area contributed by atoms with Gasteiger partial charge in [-0.1, -0.05) is 13.3 Å². The number of likely N-dealkylation sites (tertiary alicyclic amines) is 1. The Kier molecular flexibility index (Phi) is 6.42. The summed E-state index contributed by atoms with van der Waals surface area (Å²) < 4.78 is 10.1. The van der Waals surface area contributed by atoms with E-state index in [-0.39, 0.29) is 12.5 Å². The molecule has 1 heterocycles. The van der Waals surface area contributed by atoms with Crippen LogP contribution in [0.5, 0.6) is 0 Å². The molecule has 0 radical (unpaired) electrons. The number of ether oxygens (including phenoxy) is 2. The average molecular weight is 229 g/mol. The molecular weight excluding hydrogens is 206 g/mol. The van der Waals surface area contributed by atoms with Crippen LogP contribution in [0.25, 0.3) is 0 Å². The predicted molar refractivity (Wildman–Crippen MR) is 62.3 cm³/mol. The Bertz CT molecular complexity index is 208. The van der Waals surface area contributed by atoms with E-state index in [0.29, 0.717) is 19.1 Å². The zero-order valence-electron chi connectivity index (χ0n) is 10.4. The zero-order valence-corrected chi connectivity index (χ0v) is 10.4. The Labute approximate surface area is 97.9 Å². The van der Waals surface area contributed by atoms with Crippen molar-refractivity contribution in [2.24, 2.45) is 5.92 Å². The molecule has 0 aromatic heterocycles. The van der Waals surface area contributed by atoms with Gasteiger partial charge in [-0.05, 0) is 18.8 Å². The first kappa shape index (κ1) is 13.5. The smallest absolute Gasteiger partial charge is 0.248 e. The first-order valence-corrected chi connectivity index (χ1v) is 6.12. The highest BCUT2D eigenvalue weighted by atomic mass is 16.5. The van der Waals surface area contributed by atoms with Crippen LogP contribution in [0.15, 0.2) is 0 Å². The number of hydrogen-bond donors (Lipinski definition) is 0. The lowest BCUT2D eigenvalue weighted by Gasteiger charge is -2.16. The molecule has 0 aliphatic carbocycles. The fourth-order valence-electron chi connectivity index (χ4n) is 2.10. The van der Waals surface area contributed by atoms with Gasteiger partial charge in [-0.15, -0.1) is 0 Å². The Morgan fingerprint density at radius 2 is 2.25 bits per heavy atom. The van der Waals surface area contributed by atoms with Crippen molar-refractivity contribution in [1.82, 2.24) is 4.90 Å². The maximum Gasteiger partial charge on any atom is 0.248 e. The lowest BCUT2D eigenvalue weighted by molar-refractivity contribution is -0.135. The van der Waals surface area contributed by atoms with Crippen LogP contribution in [0.1, 0.15) is 26.2 Å². The third-order valence-corrected chi connectivity index (χ3v) is 2.99. The van der Waals surface area contributed by atoms with E-state index in [2.05, 4.69) is 6.92 Å². The Morgan fingerprint density at radius 1 is 1.44 bits per heavy atom. The molecule has 4 nitrogen and oxygen atoms in total. The summed E-state index contributed by atoms with van der Waals surface area (Å²) in [5, 5.41) is 0. The number of carbonyl (C=O) groups is 1. The summed E-state index contributed by atoms with van der Waals surface area (Å²) in [6.45, 7) is 5.25. The minimum absolute atomic E-state index is 0.120. The summed E-state index contributed by atoms with van der Waals surface area (Å²) in [7, 11) is 1.63. The van der Waals surface area contributed by atoms with Crippen LogP contribution in [0, 0.1) is 5.92 Å². The highest BCUT2D eigenvalue weighted by Gasteiger charge is 2.25. The lowest BCUT2D eigenvalue weighted by atomic mass is 10.0. The Balaban J connectivity index is 2.13. The van der Waals surface area contributed by atoms with Crippen LogP contribution >= 0.6 is 0 Å². The molecule has 0 spiro atoms. The van der Waals surface area contributed by atoms with E-state index in [1.807, 2.05) is 4.90 Å². The number of nitrogens with zero attached hydrogens (tertiary/aromatic N) is 1. The molecule has 0 aromatic carbocycles. The molecule has 1 rings (SSSR count). The van der Waals surface area contributed by atoms with Gasteiger partial charge in [0.15, 0.2) is 0 Å². The van der Waals surface area contributed by atoms with Crippen molar-refractivity contribution in [3.8, 4) is 0 Å². The monoisotopic (exact) mass is 229 g/mol. The summed E-state index contributed by atoms with van der Waals surface area (Å²) in [6, 6.07) is 0. The molecule has 1 saturated heterocycles. The number of rotatable bonds is 7. The van der Waals surface area contributed by atoms with E-state index in [4.69, 9.17) is 9.47 Å². The summed E-state index contributed by atoms with van der Waals surface area (Å²) in [5.74, 6) is 0.822. The first-order chi connectivity index (χ1) is 7.77. The highest BCUT2D eigenvalue weighted by molar-refractivity contribution is 5.77. The van der Waals surface area contributed by atoms with Crippen LogP contribution in [0.3, 0.4) is 0 Å². The van der Waals surface area contributed by atoms with Gasteiger partial charge in [0, 0.05) is 20.2 Å². The summed E-state index contributed by atoms with van der Waals surface area (Å²) in [6.07, 6.45) is 3.59. The van der Waals surface area contributed by atoms with Crippen LogP contribution in [0.2, 0.25) is 0 Å². The number of amides is 1. The molecule has 0 aromatic rings. The molecule has 1 aliphatic heterocycles. The number of hydrogen-bond acceptors (Lipinski definition) is 3. The van der Waals surface area contributed by atoms with Gasteiger partial charge in [0.05, 0.1) is 13.2 Å². The standard InChI is InChI=1S/C12H23NO3/c1-3-4-11-5-6-13(9-11)12(14)10-16-8-7-15-2/h11H,3-10H2,1-2H3. The van der Waals surface area contributed by atoms with Crippen LogP contribution in [0.4, 0.5) is 0 Å². The van der Waals surface area contributed by atoms with Gasteiger partial charge in [0.1, 0.15) is 6.61 Å². The molecule has 1 atom stereocenters. The van der Waals surface area contributed by atoms with Crippen molar-refractivity contribution in [2.75, 3.05) is 40.0 Å². The van der Waals surface area contributed by atoms with Crippen molar-refractivity contribution in [3.05, 3.63) is 0 Å². The van der Waals surface area contributed by atoms with Crippen LogP contribution in [-0.4, -0.2) is 50.8 Å². The van der Waals surface area contributed by atoms with E-state index in [1.54, 1.807) is 7.11 Å². The quantitative estimate of drug-likeness (QED) is 0.618. The molecular formula is C12H23NO3. The maximum absolute atomic E-state index is 11.7. The van der Waals surface area contributed by atoms with Gasteiger partial charge >= 0.3 is 0 Å². The topological polar surface area (TPSA) is 38.8 Å². The Morgan fingerprint density at radius 3 is 2.94 bits per heavy atom. The third kappa shape index (κ3) is 4.49. The van der Waals surface area contributed by atoms with Crippen molar-refractivity contribution >= 4 is 5.91 Å². The van der Waals surface area contributed by atoms with Gasteiger partial charge in [-0.2, -0.15) is 0 Å². The second kappa shape index (κ2) is 7.63. The fourth-order valence-corrected chi connectivity index (χ4v) is 2.10. The van der Waals surface area contributed by atoms with Crippen molar-refractivity contribution < 1.29 is 14.3 Å². The zero-order chi connectivity index (χ0) is 11.8. The van der Waals surface area contributed by atoms with Gasteiger partial charge in [0.2, 0.25) is 5.91 Å². The maximum atomic E-state index is 11.7. The van der Waals surface area contributed by atoms with E-state index < -0.39 is 0 Å². The lowest BCUT2D eigenvalue weighted by Crippen LogP contribution is -2.32. The van der Waals surface area contributed by atoms with E-state index >= 15 is 0 Å². The van der Waals surface area contributed by atoms with Gasteiger partial charge < -0.3 is 14.4 Å². The van der Waals surface area contributed by atoms with Crippen LogP contribution < -0.4 is 0 Å². The average Bonchev–Trinajstić information content (AvgIpc) is 2.73. The minimum atomic E-state index is 0.120. The van der Waals surface area contributed by atoms with Crippen molar-refractivity contribution in [3.63, 3.8) is 0 Å². The fraction of sp³-hybridized carbons (Fsp3) is 0.917. The second-order valence-corrected chi connectivity index (χ2v) is 4.33. The van der Waals surface area contributed by atoms with Gasteiger partial charge in [-0.25, -0.2) is 0 Å². The molecule has 0 saturated carbocycles. The van der Waals surface area contributed by atoms with Gasteiger partial charge in [-0.3, -0.25) is 4.79 Å². The largest absolute Gasteiger partial charge is 0.382 e. The first-order valence-electron chi connectivity index (χ1n) is 6.12. The van der Waals surface area contributed by atoms with Crippen molar-refractivity contribution in [2.45, 2.75) is 26.2 Å². The molecule has 94 valence electrons. The summed E-state index contributed by atoms with van der Waals surface area (Å²) in [4.78, 5) is 13.6. The molecule has 0 N–H and O–H groups in total. The SMILES string of the molecule is CCCC1CCN(C(=O)COCCOC)C1. The number of methoxy groups -OCH3 is 1. The molecule has 1 aliphatic rings. The van der Waals surface area contributed by atoms with Crippen molar-refractivity contribution in [1.29, 1.82) is 0 Å². The molecule has 16 heavy (non-hydrogen) atoms. The Hall–Kier alpha value is -0.610. The third-order valence-electron chi connectivity index (χ3n) is 2.99. The molecule has 1 fully saturated rings. The summed E-state index contributed by atoms with van der Waals surface area (Å²) >= 11 is 0. The highest BCUT2D eigenvalue weighted by Crippen LogP contribution is 2.20. The molecule has 1 unspecified atom stereocenters. The van der Waals surface area contributed by atoms with Gasteiger partial charge in [0.25, 0.3) is 0 Å². The van der Waals surface area contributed by atoms with Crippen LogP contribution in [-0.2, 0) is 14.3 Å². The molecule has 0 bridgehead atoms.